The molecule has 2 N–H and O–H groups in total. The van der Waals surface area contributed by atoms with Crippen LogP contribution in [-0.4, -0.2) is 24.6 Å². The second-order valence-corrected chi connectivity index (χ2v) is 8.11. The summed E-state index contributed by atoms with van der Waals surface area (Å²) < 4.78 is 33.4. The van der Waals surface area contributed by atoms with Crippen molar-refractivity contribution >= 4 is 32.5 Å². The second-order valence-electron chi connectivity index (χ2n) is 5.39. The van der Waals surface area contributed by atoms with E-state index in [1.807, 2.05) is 18.4 Å². The first-order valence-electron chi connectivity index (χ1n) is 7.11. The Hall–Kier alpha value is -1.94. The lowest BCUT2D eigenvalue weighted by Crippen LogP contribution is -2.28. The predicted octanol–water partition coefficient (Wildman–Crippen LogP) is 1.51. The van der Waals surface area contributed by atoms with Crippen molar-refractivity contribution in [2.75, 3.05) is 6.54 Å². The third kappa shape index (κ3) is 3.03. The molecule has 128 valence electrons. The third-order valence-corrected chi connectivity index (χ3v) is 6.29. The quantitative estimate of drug-likeness (QED) is 0.711. The van der Waals surface area contributed by atoms with E-state index in [0.717, 1.165) is 10.4 Å². The molecule has 7 nitrogen and oxygen atoms in total. The number of benzene rings is 1. The van der Waals surface area contributed by atoms with E-state index in [9.17, 15) is 18.3 Å². The number of thiophene rings is 1. The van der Waals surface area contributed by atoms with Gasteiger partial charge in [0.2, 0.25) is 10.0 Å². The fourth-order valence-electron chi connectivity index (χ4n) is 2.36. The van der Waals surface area contributed by atoms with Gasteiger partial charge in [-0.25, -0.2) is 17.9 Å². The van der Waals surface area contributed by atoms with E-state index in [4.69, 9.17) is 4.42 Å². The number of rotatable bonds is 5. The number of sulfonamides is 1. The summed E-state index contributed by atoms with van der Waals surface area (Å²) in [7, 11) is -2.32. The number of oxazole rings is 1. The van der Waals surface area contributed by atoms with Gasteiger partial charge in [-0.1, -0.05) is 0 Å². The Morgan fingerprint density at radius 3 is 2.79 bits per heavy atom. The highest BCUT2D eigenvalue weighted by molar-refractivity contribution is 7.89. The second kappa shape index (κ2) is 6.17. The lowest BCUT2D eigenvalue weighted by atomic mass is 10.2. The smallest absolute Gasteiger partial charge is 0.408 e. The van der Waals surface area contributed by atoms with Crippen molar-refractivity contribution in [3.63, 3.8) is 0 Å². The number of aromatic nitrogens is 1. The zero-order valence-electron chi connectivity index (χ0n) is 13.0. The summed E-state index contributed by atoms with van der Waals surface area (Å²) in [6, 6.07) is 6.03. The highest BCUT2D eigenvalue weighted by Crippen LogP contribution is 2.24. The van der Waals surface area contributed by atoms with E-state index in [0.29, 0.717) is 11.1 Å². The fourth-order valence-corrected chi connectivity index (χ4v) is 4.34. The Morgan fingerprint density at radius 2 is 2.12 bits per heavy atom. The molecule has 9 heteroatoms. The normalized spacial score (nSPS) is 13.5. The Morgan fingerprint density at radius 1 is 1.38 bits per heavy atom. The van der Waals surface area contributed by atoms with Crippen LogP contribution in [0.3, 0.4) is 0 Å². The van der Waals surface area contributed by atoms with E-state index in [2.05, 4.69) is 4.72 Å². The SMILES string of the molecule is Cc1ccsc1C(O)CNS(=O)(=O)c1ccc2oc(=O)n(C)c2c1. The van der Waals surface area contributed by atoms with Crippen LogP contribution in [-0.2, 0) is 17.1 Å². The van der Waals surface area contributed by atoms with Gasteiger partial charge in [0.25, 0.3) is 0 Å². The number of aliphatic hydroxyl groups is 1. The van der Waals surface area contributed by atoms with Gasteiger partial charge in [0.1, 0.15) is 6.10 Å². The van der Waals surface area contributed by atoms with Crippen molar-refractivity contribution in [1.29, 1.82) is 0 Å². The molecular weight excluding hydrogens is 352 g/mol. The number of hydrogen-bond donors (Lipinski definition) is 2. The Labute approximate surface area is 142 Å². The van der Waals surface area contributed by atoms with Gasteiger partial charge in [-0.3, -0.25) is 4.57 Å². The Kier molecular flexibility index (Phi) is 4.35. The molecule has 0 amide bonds. The molecule has 0 aliphatic rings. The molecule has 0 aliphatic heterocycles. The maximum atomic E-state index is 12.4. The number of nitrogens with zero attached hydrogens (tertiary/aromatic N) is 1. The summed E-state index contributed by atoms with van der Waals surface area (Å²) in [5.74, 6) is -0.559. The lowest BCUT2D eigenvalue weighted by Gasteiger charge is -2.12. The highest BCUT2D eigenvalue weighted by Gasteiger charge is 2.20. The van der Waals surface area contributed by atoms with E-state index >= 15 is 0 Å². The maximum Gasteiger partial charge on any atom is 0.419 e. The summed E-state index contributed by atoms with van der Waals surface area (Å²) in [5, 5.41) is 12.0. The number of hydrogen-bond acceptors (Lipinski definition) is 6. The van der Waals surface area contributed by atoms with Crippen LogP contribution in [0.1, 0.15) is 16.5 Å². The minimum absolute atomic E-state index is 0.00139. The van der Waals surface area contributed by atoms with Crippen molar-refractivity contribution in [3.8, 4) is 0 Å². The van der Waals surface area contributed by atoms with Crippen molar-refractivity contribution in [1.82, 2.24) is 9.29 Å². The molecule has 0 saturated carbocycles. The molecule has 1 atom stereocenters. The summed E-state index contributed by atoms with van der Waals surface area (Å²) in [4.78, 5) is 12.2. The van der Waals surface area contributed by atoms with Crippen molar-refractivity contribution < 1.29 is 17.9 Å². The first-order valence-corrected chi connectivity index (χ1v) is 9.47. The molecule has 2 heterocycles. The van der Waals surface area contributed by atoms with Gasteiger partial charge < -0.3 is 9.52 Å². The van der Waals surface area contributed by atoms with Gasteiger partial charge >= 0.3 is 5.76 Å². The van der Waals surface area contributed by atoms with Crippen LogP contribution >= 0.6 is 11.3 Å². The molecule has 24 heavy (non-hydrogen) atoms. The molecular formula is C15H16N2O5S2. The van der Waals surface area contributed by atoms with Crippen LogP contribution in [0.25, 0.3) is 11.1 Å². The number of nitrogens with one attached hydrogen (secondary N) is 1. The highest BCUT2D eigenvalue weighted by atomic mass is 32.2. The Bertz CT molecular complexity index is 1050. The van der Waals surface area contributed by atoms with E-state index < -0.39 is 21.9 Å². The predicted molar refractivity (Wildman–Crippen MR) is 90.7 cm³/mol. The topological polar surface area (TPSA) is 102 Å². The van der Waals surface area contributed by atoms with Crippen LogP contribution in [0.15, 0.2) is 43.8 Å². The van der Waals surface area contributed by atoms with E-state index in [-0.39, 0.29) is 11.4 Å². The molecule has 0 radical (unpaired) electrons. The van der Waals surface area contributed by atoms with Crippen LogP contribution < -0.4 is 10.5 Å². The molecule has 0 spiro atoms. The minimum atomic E-state index is -3.82. The van der Waals surface area contributed by atoms with Gasteiger partial charge in [-0.2, -0.15) is 0 Å². The lowest BCUT2D eigenvalue weighted by molar-refractivity contribution is 0.185. The molecule has 1 aromatic carbocycles. The van der Waals surface area contributed by atoms with Gasteiger partial charge in [0.05, 0.1) is 10.4 Å². The summed E-state index contributed by atoms with van der Waals surface area (Å²) >= 11 is 1.38. The van der Waals surface area contributed by atoms with Crippen LogP contribution in [0, 0.1) is 6.92 Å². The monoisotopic (exact) mass is 368 g/mol. The molecule has 0 saturated heterocycles. The minimum Gasteiger partial charge on any atom is -0.408 e. The summed E-state index contributed by atoms with van der Waals surface area (Å²) in [5.41, 5.74) is 1.62. The molecule has 0 aliphatic carbocycles. The average molecular weight is 368 g/mol. The van der Waals surface area contributed by atoms with Crippen LogP contribution in [0.5, 0.6) is 0 Å². The summed E-state index contributed by atoms with van der Waals surface area (Å²) in [6.07, 6.45) is -0.915. The number of aryl methyl sites for hydroxylation is 2. The average Bonchev–Trinajstić information content (AvgIpc) is 3.09. The molecule has 3 aromatic rings. The van der Waals surface area contributed by atoms with Crippen LogP contribution in [0.2, 0.25) is 0 Å². The third-order valence-electron chi connectivity index (χ3n) is 3.74. The van der Waals surface area contributed by atoms with E-state index in [1.54, 1.807) is 0 Å². The molecule has 1 unspecified atom stereocenters. The largest absolute Gasteiger partial charge is 0.419 e. The molecule has 2 aromatic heterocycles. The first-order chi connectivity index (χ1) is 11.3. The van der Waals surface area contributed by atoms with Gasteiger partial charge in [-0.05, 0) is 42.1 Å². The van der Waals surface area contributed by atoms with Crippen LogP contribution in [0.4, 0.5) is 0 Å². The van der Waals surface area contributed by atoms with Crippen molar-refractivity contribution in [2.45, 2.75) is 17.9 Å². The van der Waals surface area contributed by atoms with Gasteiger partial charge in [0.15, 0.2) is 5.58 Å². The zero-order chi connectivity index (χ0) is 17.5. The fraction of sp³-hybridized carbons (Fsp3) is 0.267. The van der Waals surface area contributed by atoms with Crippen molar-refractivity contribution in [3.05, 3.63) is 50.6 Å². The van der Waals surface area contributed by atoms with Crippen molar-refractivity contribution in [2.24, 2.45) is 7.05 Å². The molecule has 0 fully saturated rings. The van der Waals surface area contributed by atoms with Gasteiger partial charge in [0, 0.05) is 18.5 Å². The Balaban J connectivity index is 1.84. The van der Waals surface area contributed by atoms with Gasteiger partial charge in [-0.15, -0.1) is 11.3 Å². The van der Waals surface area contributed by atoms with E-state index in [1.165, 1.54) is 41.2 Å². The first kappa shape index (κ1) is 16.9. The maximum absolute atomic E-state index is 12.4. The molecule has 0 bridgehead atoms. The molecule has 3 rings (SSSR count). The zero-order valence-corrected chi connectivity index (χ0v) is 14.6. The number of fused-ring (bicyclic) bond motifs is 1. The number of aliphatic hydroxyl groups excluding tert-OH is 1. The standard InChI is InChI=1S/C15H16N2O5S2/c1-9-5-6-23-14(9)12(18)8-16-24(20,21)10-3-4-13-11(7-10)17(2)15(19)22-13/h3-7,12,16,18H,8H2,1-2H3. The summed E-state index contributed by atoms with van der Waals surface area (Å²) in [6.45, 7) is 1.73.